The number of hydrogen-bond acceptors (Lipinski definition) is 2. The van der Waals surface area contributed by atoms with E-state index in [1.807, 2.05) is 0 Å². The molecule has 1 nitrogen and oxygen atoms in total. The van der Waals surface area contributed by atoms with Crippen molar-refractivity contribution in [3.05, 3.63) is 29.3 Å². The number of carbonyl (C=O) groups is 1. The molecule has 1 aromatic carbocycles. The smallest absolute Gasteiger partial charge is 0.294 e. The SMILES string of the molecule is O=C(CCBr)c1ccc(C(F)F)cc1SC(F)(F)F. The maximum absolute atomic E-state index is 12.5. The van der Waals surface area contributed by atoms with Crippen LogP contribution in [0.3, 0.4) is 0 Å². The highest BCUT2D eigenvalue weighted by Crippen LogP contribution is 2.40. The molecule has 0 atom stereocenters. The molecule has 0 unspecified atom stereocenters. The number of ketones is 1. The summed E-state index contributed by atoms with van der Waals surface area (Å²) in [6, 6.07) is 2.69. The molecule has 1 rings (SSSR count). The molecule has 1 aromatic rings. The van der Waals surface area contributed by atoms with Crippen molar-refractivity contribution < 1.29 is 26.7 Å². The molecule has 0 spiro atoms. The Morgan fingerprint density at radius 1 is 1.32 bits per heavy atom. The second-order valence-corrected chi connectivity index (χ2v) is 5.37. The van der Waals surface area contributed by atoms with Gasteiger partial charge >= 0.3 is 5.51 Å². The van der Waals surface area contributed by atoms with Crippen LogP contribution in [0.1, 0.15) is 28.8 Å². The van der Waals surface area contributed by atoms with Crippen molar-refractivity contribution in [3.63, 3.8) is 0 Å². The predicted octanol–water partition coefficient (Wildman–Crippen LogP) is 5.20. The second-order valence-electron chi connectivity index (χ2n) is 3.47. The van der Waals surface area contributed by atoms with E-state index in [4.69, 9.17) is 0 Å². The van der Waals surface area contributed by atoms with Crippen molar-refractivity contribution in [2.75, 3.05) is 5.33 Å². The van der Waals surface area contributed by atoms with E-state index in [-0.39, 0.29) is 12.0 Å². The van der Waals surface area contributed by atoms with Gasteiger partial charge in [-0.2, -0.15) is 13.2 Å². The zero-order chi connectivity index (χ0) is 14.6. The van der Waals surface area contributed by atoms with Gasteiger partial charge < -0.3 is 0 Å². The minimum Gasteiger partial charge on any atom is -0.294 e. The fourth-order valence-corrected chi connectivity index (χ4v) is 2.43. The number of rotatable bonds is 5. The Hall–Kier alpha value is -0.630. The lowest BCUT2D eigenvalue weighted by atomic mass is 10.1. The number of benzene rings is 1. The van der Waals surface area contributed by atoms with Crippen LogP contribution in [0.25, 0.3) is 0 Å². The minimum absolute atomic E-state index is 0.000553. The van der Waals surface area contributed by atoms with E-state index in [9.17, 15) is 26.7 Å². The minimum atomic E-state index is -4.63. The molecule has 0 bridgehead atoms. The summed E-state index contributed by atoms with van der Waals surface area (Å²) in [5.41, 5.74) is -5.36. The lowest BCUT2D eigenvalue weighted by molar-refractivity contribution is -0.0328. The van der Waals surface area contributed by atoms with Crippen molar-refractivity contribution in [2.24, 2.45) is 0 Å². The van der Waals surface area contributed by atoms with Crippen LogP contribution in [0.4, 0.5) is 22.0 Å². The lowest BCUT2D eigenvalue weighted by Gasteiger charge is -2.12. The summed E-state index contributed by atoms with van der Waals surface area (Å²) in [6.07, 6.45) is -2.88. The molecule has 0 aromatic heterocycles. The Kier molecular flexibility index (Phi) is 5.79. The fourth-order valence-electron chi connectivity index (χ4n) is 1.33. The van der Waals surface area contributed by atoms with Gasteiger partial charge in [0.2, 0.25) is 0 Å². The molecule has 0 aliphatic carbocycles. The van der Waals surface area contributed by atoms with Gasteiger partial charge in [-0.15, -0.1) is 0 Å². The van der Waals surface area contributed by atoms with Gasteiger partial charge in [0.25, 0.3) is 6.43 Å². The summed E-state index contributed by atoms with van der Waals surface area (Å²) in [5, 5.41) is 0.290. The topological polar surface area (TPSA) is 17.1 Å². The third-order valence-electron chi connectivity index (χ3n) is 2.11. The van der Waals surface area contributed by atoms with E-state index < -0.39 is 39.9 Å². The normalized spacial score (nSPS) is 11.9. The van der Waals surface area contributed by atoms with Gasteiger partial charge in [0.1, 0.15) is 0 Å². The second kappa shape index (κ2) is 6.69. The van der Waals surface area contributed by atoms with Crippen LogP contribution in [0.2, 0.25) is 0 Å². The summed E-state index contributed by atoms with van der Waals surface area (Å²) in [5.74, 6) is -0.524. The van der Waals surface area contributed by atoms with E-state index in [0.29, 0.717) is 11.4 Å². The van der Waals surface area contributed by atoms with Gasteiger partial charge in [0.15, 0.2) is 5.78 Å². The molecule has 0 amide bonds. The standard InChI is InChI=1S/C11H8BrF5OS/c12-4-3-8(18)7-2-1-6(10(13)14)5-9(7)19-11(15,16)17/h1-2,5,10H,3-4H2. The third kappa shape index (κ3) is 5.10. The van der Waals surface area contributed by atoms with Crippen molar-refractivity contribution in [1.29, 1.82) is 0 Å². The monoisotopic (exact) mass is 362 g/mol. The maximum Gasteiger partial charge on any atom is 0.446 e. The van der Waals surface area contributed by atoms with Gasteiger partial charge in [-0.1, -0.05) is 22.0 Å². The summed E-state index contributed by atoms with van der Waals surface area (Å²) in [6.45, 7) is 0. The number of carbonyl (C=O) groups excluding carboxylic acids is 1. The number of hydrogen-bond donors (Lipinski definition) is 0. The average Bonchev–Trinajstić information content (AvgIpc) is 2.26. The van der Waals surface area contributed by atoms with E-state index in [1.165, 1.54) is 0 Å². The molecule has 0 fully saturated rings. The zero-order valence-corrected chi connectivity index (χ0v) is 11.7. The molecule has 0 saturated carbocycles. The predicted molar refractivity (Wildman–Crippen MR) is 66.1 cm³/mol. The largest absolute Gasteiger partial charge is 0.446 e. The molecule has 0 N–H and O–H groups in total. The van der Waals surface area contributed by atoms with Crippen molar-refractivity contribution in [1.82, 2.24) is 0 Å². The van der Waals surface area contributed by atoms with E-state index in [0.717, 1.165) is 12.1 Å². The highest BCUT2D eigenvalue weighted by molar-refractivity contribution is 9.09. The molecule has 0 aliphatic rings. The Morgan fingerprint density at radius 3 is 2.42 bits per heavy atom. The van der Waals surface area contributed by atoms with Crippen LogP contribution in [-0.2, 0) is 0 Å². The van der Waals surface area contributed by atoms with Crippen LogP contribution in [-0.4, -0.2) is 16.6 Å². The van der Waals surface area contributed by atoms with Crippen LogP contribution in [0, 0.1) is 0 Å². The fraction of sp³-hybridized carbons (Fsp3) is 0.364. The first-order valence-electron chi connectivity index (χ1n) is 5.01. The number of Topliss-reactive ketones (excluding diaryl/α,β-unsaturated/α-hetero) is 1. The van der Waals surface area contributed by atoms with Crippen molar-refractivity contribution in [2.45, 2.75) is 23.3 Å². The lowest BCUT2D eigenvalue weighted by Crippen LogP contribution is -2.06. The average molecular weight is 363 g/mol. The molecule has 8 heteroatoms. The van der Waals surface area contributed by atoms with Crippen molar-refractivity contribution in [3.8, 4) is 0 Å². The third-order valence-corrected chi connectivity index (χ3v) is 3.29. The van der Waals surface area contributed by atoms with Gasteiger partial charge in [0.05, 0.1) is 0 Å². The number of thioether (sulfide) groups is 1. The first kappa shape index (κ1) is 16.4. The molecule has 106 valence electrons. The zero-order valence-electron chi connectivity index (χ0n) is 9.31. The van der Waals surface area contributed by atoms with Crippen LogP contribution < -0.4 is 0 Å². The van der Waals surface area contributed by atoms with Crippen molar-refractivity contribution >= 4 is 33.5 Å². The first-order valence-corrected chi connectivity index (χ1v) is 6.95. The van der Waals surface area contributed by atoms with Gasteiger partial charge in [-0.25, -0.2) is 8.78 Å². The van der Waals surface area contributed by atoms with Gasteiger partial charge in [0, 0.05) is 27.8 Å². The van der Waals surface area contributed by atoms with Gasteiger partial charge in [-0.3, -0.25) is 4.79 Å². The molecule has 0 saturated heterocycles. The Balaban J connectivity index is 3.18. The molecule has 0 radical (unpaired) electrons. The molecular weight excluding hydrogens is 355 g/mol. The summed E-state index contributed by atoms with van der Waals surface area (Å²) < 4.78 is 62.0. The molecular formula is C11H8BrF5OS. The Morgan fingerprint density at radius 2 is 1.95 bits per heavy atom. The van der Waals surface area contributed by atoms with Crippen LogP contribution in [0.15, 0.2) is 23.1 Å². The Bertz CT molecular complexity index is 461. The van der Waals surface area contributed by atoms with Crippen LogP contribution in [0.5, 0.6) is 0 Å². The van der Waals surface area contributed by atoms with Crippen LogP contribution >= 0.6 is 27.7 Å². The number of alkyl halides is 6. The summed E-state index contributed by atoms with van der Waals surface area (Å²) >= 11 is 2.44. The molecule has 19 heavy (non-hydrogen) atoms. The molecule has 0 heterocycles. The highest BCUT2D eigenvalue weighted by atomic mass is 79.9. The van der Waals surface area contributed by atoms with Gasteiger partial charge in [-0.05, 0) is 23.9 Å². The summed E-state index contributed by atoms with van der Waals surface area (Å²) in [4.78, 5) is 11.1. The maximum atomic E-state index is 12.5. The van der Waals surface area contributed by atoms with E-state index in [1.54, 1.807) is 0 Å². The highest BCUT2D eigenvalue weighted by Gasteiger charge is 2.31. The number of halogens is 6. The van der Waals surface area contributed by atoms with E-state index >= 15 is 0 Å². The molecule has 0 aliphatic heterocycles. The quantitative estimate of drug-likeness (QED) is 0.309. The Labute approximate surface area is 118 Å². The summed E-state index contributed by atoms with van der Waals surface area (Å²) in [7, 11) is 0. The first-order chi connectivity index (χ1) is 8.74. The van der Waals surface area contributed by atoms with E-state index in [2.05, 4.69) is 15.9 Å².